The van der Waals surface area contributed by atoms with Crippen LogP contribution in [0.5, 0.6) is 0 Å². The zero-order valence-corrected chi connectivity index (χ0v) is 13.6. The second kappa shape index (κ2) is 7.02. The Kier molecular flexibility index (Phi) is 4.80. The van der Waals surface area contributed by atoms with Gasteiger partial charge in [0.05, 0.1) is 12.2 Å². The van der Waals surface area contributed by atoms with Crippen molar-refractivity contribution in [2.24, 2.45) is 0 Å². The minimum Gasteiger partial charge on any atom is -0.350 e. The van der Waals surface area contributed by atoms with Crippen LogP contribution in [0.3, 0.4) is 0 Å². The summed E-state index contributed by atoms with van der Waals surface area (Å²) >= 11 is 6.00. The van der Waals surface area contributed by atoms with Crippen LogP contribution in [0.4, 0.5) is 19.3 Å². The van der Waals surface area contributed by atoms with Gasteiger partial charge in [-0.2, -0.15) is 0 Å². The lowest BCUT2D eigenvalue weighted by Gasteiger charge is -2.29. The maximum Gasteiger partial charge on any atom is 0.322 e. The zero-order chi connectivity index (χ0) is 18.0. The van der Waals surface area contributed by atoms with Gasteiger partial charge in [-0.1, -0.05) is 17.7 Å². The molecule has 1 aromatic carbocycles. The lowest BCUT2D eigenvalue weighted by atomic mass is 10.2. The molecular formula is C16H13ClF2N4O2. The van der Waals surface area contributed by atoms with Gasteiger partial charge in [-0.15, -0.1) is 0 Å². The van der Waals surface area contributed by atoms with Crippen molar-refractivity contribution in [3.63, 3.8) is 0 Å². The number of anilines is 1. The molecule has 3 amide bonds. The number of fused-ring (bicyclic) bond motifs is 1. The third-order valence-electron chi connectivity index (χ3n) is 3.71. The Labute approximate surface area is 146 Å². The number of pyridine rings is 1. The van der Waals surface area contributed by atoms with Crippen LogP contribution in [0.25, 0.3) is 0 Å². The molecule has 0 unspecified atom stereocenters. The van der Waals surface area contributed by atoms with Crippen molar-refractivity contribution in [1.82, 2.24) is 15.2 Å². The van der Waals surface area contributed by atoms with E-state index in [0.29, 0.717) is 11.3 Å². The van der Waals surface area contributed by atoms with E-state index in [4.69, 9.17) is 11.6 Å². The molecule has 0 radical (unpaired) electrons. The zero-order valence-electron chi connectivity index (χ0n) is 12.9. The van der Waals surface area contributed by atoms with E-state index in [1.165, 1.54) is 17.2 Å². The molecular weight excluding hydrogens is 354 g/mol. The van der Waals surface area contributed by atoms with Gasteiger partial charge in [0.1, 0.15) is 23.3 Å². The average molecular weight is 367 g/mol. The van der Waals surface area contributed by atoms with E-state index in [9.17, 15) is 18.4 Å². The first kappa shape index (κ1) is 17.1. The van der Waals surface area contributed by atoms with Crippen molar-refractivity contribution in [2.45, 2.75) is 13.1 Å². The van der Waals surface area contributed by atoms with E-state index < -0.39 is 23.6 Å². The predicted molar refractivity (Wildman–Crippen MR) is 86.9 cm³/mol. The third-order valence-corrected chi connectivity index (χ3v) is 4.03. The van der Waals surface area contributed by atoms with E-state index in [1.54, 1.807) is 6.07 Å². The van der Waals surface area contributed by atoms with Crippen molar-refractivity contribution in [3.8, 4) is 0 Å². The van der Waals surface area contributed by atoms with Crippen molar-refractivity contribution >= 4 is 29.2 Å². The van der Waals surface area contributed by atoms with Crippen LogP contribution in [0.15, 0.2) is 30.5 Å². The number of nitrogens with one attached hydrogen (secondary N) is 2. The highest BCUT2D eigenvalue weighted by atomic mass is 35.5. The minimum atomic E-state index is -0.747. The highest BCUT2D eigenvalue weighted by Gasteiger charge is 2.26. The first-order valence-corrected chi connectivity index (χ1v) is 7.72. The molecule has 0 fully saturated rings. The molecule has 0 saturated carbocycles. The Morgan fingerprint density at radius 3 is 2.92 bits per heavy atom. The number of rotatable bonds is 4. The molecule has 2 N–H and O–H groups in total. The Hall–Kier alpha value is -2.74. The molecule has 0 atom stereocenters. The smallest absolute Gasteiger partial charge is 0.322 e. The quantitative estimate of drug-likeness (QED) is 0.817. The van der Waals surface area contributed by atoms with E-state index in [-0.39, 0.29) is 30.4 Å². The number of hydrogen-bond donors (Lipinski definition) is 2. The van der Waals surface area contributed by atoms with Crippen LogP contribution in [0.2, 0.25) is 5.15 Å². The molecule has 130 valence electrons. The molecule has 3 rings (SSSR count). The number of hydrogen-bond acceptors (Lipinski definition) is 3. The topological polar surface area (TPSA) is 74.3 Å². The maximum absolute atomic E-state index is 13.5. The summed E-state index contributed by atoms with van der Waals surface area (Å²) in [5, 5.41) is 5.37. The summed E-state index contributed by atoms with van der Waals surface area (Å²) in [5.74, 6) is -1.92. The highest BCUT2D eigenvalue weighted by Crippen LogP contribution is 2.27. The lowest BCUT2D eigenvalue weighted by Crippen LogP contribution is -2.44. The van der Waals surface area contributed by atoms with Crippen LogP contribution < -0.4 is 10.6 Å². The fourth-order valence-corrected chi connectivity index (χ4v) is 2.63. The molecule has 6 nitrogen and oxygen atoms in total. The summed E-state index contributed by atoms with van der Waals surface area (Å²) in [5.41, 5.74) is 1.31. The molecule has 0 spiro atoms. The second-order valence-corrected chi connectivity index (χ2v) is 5.78. The van der Waals surface area contributed by atoms with Gasteiger partial charge in [-0.05, 0) is 12.1 Å². The molecule has 9 heteroatoms. The summed E-state index contributed by atoms with van der Waals surface area (Å²) in [6, 6.07) is 4.27. The molecule has 1 aromatic heterocycles. The number of urea groups is 1. The molecule has 2 aromatic rings. The van der Waals surface area contributed by atoms with Gasteiger partial charge in [0.2, 0.25) is 5.91 Å². The van der Waals surface area contributed by atoms with Gasteiger partial charge in [-0.25, -0.2) is 18.6 Å². The SMILES string of the molecule is O=C(CN1Cc2c(ccnc2Cl)NC1=O)NCc1ccc(F)cc1F. The highest BCUT2D eigenvalue weighted by molar-refractivity contribution is 6.30. The molecule has 25 heavy (non-hydrogen) atoms. The number of nitrogens with zero attached hydrogens (tertiary/aromatic N) is 2. The molecule has 0 bridgehead atoms. The van der Waals surface area contributed by atoms with E-state index in [2.05, 4.69) is 15.6 Å². The molecule has 1 aliphatic rings. The maximum atomic E-state index is 13.5. The normalized spacial score (nSPS) is 13.2. The molecule has 0 saturated heterocycles. The van der Waals surface area contributed by atoms with Crippen LogP contribution in [0, 0.1) is 11.6 Å². The largest absolute Gasteiger partial charge is 0.350 e. The lowest BCUT2D eigenvalue weighted by molar-refractivity contribution is -0.121. The number of carbonyl (C=O) groups excluding carboxylic acids is 2. The first-order valence-electron chi connectivity index (χ1n) is 7.34. The summed E-state index contributed by atoms with van der Waals surface area (Å²) < 4.78 is 26.4. The second-order valence-electron chi connectivity index (χ2n) is 5.43. The summed E-state index contributed by atoms with van der Waals surface area (Å²) in [6.07, 6.45) is 1.47. The Morgan fingerprint density at radius 1 is 1.36 bits per heavy atom. The van der Waals surface area contributed by atoms with Gasteiger partial charge in [-0.3, -0.25) is 4.79 Å². The fourth-order valence-electron chi connectivity index (χ4n) is 2.41. The van der Waals surface area contributed by atoms with Crippen LogP contribution in [-0.4, -0.2) is 28.4 Å². The number of amides is 3. The number of halogens is 3. The number of aromatic nitrogens is 1. The first-order chi connectivity index (χ1) is 11.9. The van der Waals surface area contributed by atoms with Crippen molar-refractivity contribution in [1.29, 1.82) is 0 Å². The van der Waals surface area contributed by atoms with Crippen molar-refractivity contribution in [2.75, 3.05) is 11.9 Å². The van der Waals surface area contributed by atoms with Crippen molar-refractivity contribution < 1.29 is 18.4 Å². The fraction of sp³-hybridized carbons (Fsp3) is 0.188. The molecule has 2 heterocycles. The number of carbonyl (C=O) groups is 2. The van der Waals surface area contributed by atoms with E-state index >= 15 is 0 Å². The monoisotopic (exact) mass is 366 g/mol. The minimum absolute atomic E-state index is 0.112. The predicted octanol–water partition coefficient (Wildman–Crippen LogP) is 2.68. The standard InChI is InChI=1S/C16H13ClF2N4O2/c17-15-11-7-23(16(25)22-13(11)3-4-20-15)8-14(24)21-6-9-1-2-10(18)5-12(9)19/h1-5H,6-8H2,(H,21,24)(H,22,25). The van der Waals surface area contributed by atoms with E-state index in [1.807, 2.05) is 0 Å². The number of benzene rings is 1. The summed E-state index contributed by atoms with van der Waals surface area (Å²) in [6.45, 7) is -0.217. The van der Waals surface area contributed by atoms with Crippen LogP contribution in [-0.2, 0) is 17.9 Å². The average Bonchev–Trinajstić information content (AvgIpc) is 2.55. The molecule has 1 aliphatic heterocycles. The van der Waals surface area contributed by atoms with Gasteiger partial charge >= 0.3 is 6.03 Å². The third kappa shape index (κ3) is 3.85. The summed E-state index contributed by atoms with van der Waals surface area (Å²) in [7, 11) is 0. The van der Waals surface area contributed by atoms with Gasteiger partial charge in [0.15, 0.2) is 0 Å². The van der Waals surface area contributed by atoms with Crippen LogP contribution >= 0.6 is 11.6 Å². The summed E-state index contributed by atoms with van der Waals surface area (Å²) in [4.78, 5) is 29.3. The van der Waals surface area contributed by atoms with Gasteiger partial charge in [0, 0.05) is 29.9 Å². The Morgan fingerprint density at radius 2 is 2.16 bits per heavy atom. The van der Waals surface area contributed by atoms with Crippen LogP contribution in [0.1, 0.15) is 11.1 Å². The van der Waals surface area contributed by atoms with Gasteiger partial charge in [0.25, 0.3) is 0 Å². The Bertz CT molecular complexity index is 847. The van der Waals surface area contributed by atoms with Gasteiger partial charge < -0.3 is 15.5 Å². The van der Waals surface area contributed by atoms with E-state index in [0.717, 1.165) is 12.1 Å². The Balaban J connectivity index is 1.61. The van der Waals surface area contributed by atoms with Crippen molar-refractivity contribution in [3.05, 3.63) is 58.4 Å². The molecule has 0 aliphatic carbocycles.